The van der Waals surface area contributed by atoms with Crippen LogP contribution in [0.25, 0.3) is 0 Å². The second-order valence-electron chi connectivity index (χ2n) is 7.76. The Labute approximate surface area is 205 Å². The normalized spacial score (nSPS) is 17.2. The minimum atomic E-state index is -0.0379. The average Bonchev–Trinajstić information content (AvgIpc) is 3.36. The molecule has 0 saturated carbocycles. The number of aliphatic imine (C=N–C) groups is 1. The second kappa shape index (κ2) is 10.8. The molecular formula is C22H31IN4O3S. The topological polar surface area (TPSA) is 77.0 Å². The fourth-order valence-corrected chi connectivity index (χ4v) is 4.76. The molecule has 2 aliphatic rings. The molecule has 4 rings (SSSR count). The fraction of sp³-hybridized carbons (Fsp3) is 0.545. The molecule has 2 N–H and O–H groups in total. The largest absolute Gasteiger partial charge is 0.454 e. The van der Waals surface area contributed by atoms with Crippen molar-refractivity contribution in [1.82, 2.24) is 15.6 Å². The van der Waals surface area contributed by atoms with Gasteiger partial charge in [0.2, 0.25) is 6.79 Å². The van der Waals surface area contributed by atoms with E-state index < -0.39 is 0 Å². The number of fused-ring (bicyclic) bond motifs is 1. The highest BCUT2D eigenvalue weighted by Crippen LogP contribution is 2.40. The van der Waals surface area contributed by atoms with Crippen LogP contribution in [0.15, 0.2) is 23.2 Å². The lowest BCUT2D eigenvalue weighted by Crippen LogP contribution is -2.48. The van der Waals surface area contributed by atoms with E-state index in [1.807, 2.05) is 13.0 Å². The zero-order chi connectivity index (χ0) is 21.0. The first-order valence-corrected chi connectivity index (χ1v) is 11.3. The van der Waals surface area contributed by atoms with Gasteiger partial charge in [-0.2, -0.15) is 0 Å². The molecular weight excluding hydrogens is 527 g/mol. The van der Waals surface area contributed by atoms with Crippen LogP contribution in [0, 0.1) is 13.8 Å². The summed E-state index contributed by atoms with van der Waals surface area (Å²) >= 11 is 1.71. The maximum atomic E-state index is 5.68. The van der Waals surface area contributed by atoms with E-state index in [1.165, 1.54) is 10.4 Å². The van der Waals surface area contributed by atoms with Gasteiger partial charge in [0.25, 0.3) is 0 Å². The number of aryl methyl sites for hydroxylation is 2. The van der Waals surface area contributed by atoms with E-state index >= 15 is 0 Å². The molecule has 9 heteroatoms. The van der Waals surface area contributed by atoms with Crippen molar-refractivity contribution >= 4 is 41.3 Å². The predicted octanol–water partition coefficient (Wildman–Crippen LogP) is 3.91. The molecule has 2 aliphatic heterocycles. The Morgan fingerprint density at radius 3 is 2.65 bits per heavy atom. The molecule has 2 aromatic rings. The number of rotatable bonds is 6. The molecule has 0 atom stereocenters. The number of hydrogen-bond acceptors (Lipinski definition) is 6. The molecule has 31 heavy (non-hydrogen) atoms. The molecule has 0 spiro atoms. The van der Waals surface area contributed by atoms with Crippen molar-refractivity contribution in [2.45, 2.75) is 45.6 Å². The van der Waals surface area contributed by atoms with Crippen LogP contribution in [0.3, 0.4) is 0 Å². The van der Waals surface area contributed by atoms with E-state index in [-0.39, 0.29) is 29.4 Å². The van der Waals surface area contributed by atoms with Crippen LogP contribution in [0.5, 0.6) is 11.5 Å². The molecule has 0 radical (unpaired) electrons. The Balaban J connectivity index is 0.00000272. The van der Waals surface area contributed by atoms with Crippen molar-refractivity contribution in [2.75, 3.05) is 33.1 Å². The summed E-state index contributed by atoms with van der Waals surface area (Å²) in [4.78, 5) is 10.6. The van der Waals surface area contributed by atoms with Gasteiger partial charge in [0, 0.05) is 36.6 Å². The summed E-state index contributed by atoms with van der Waals surface area (Å²) in [6, 6.07) is 6.30. The monoisotopic (exact) mass is 558 g/mol. The van der Waals surface area contributed by atoms with Gasteiger partial charge in [-0.25, -0.2) is 9.98 Å². The SMILES string of the molecule is CCNC(=NCc1nc(C)c(C)s1)NCC1(c2ccc3c(c2)OCO3)CCOCC1.I. The van der Waals surface area contributed by atoms with Crippen LogP contribution in [0.1, 0.15) is 40.9 Å². The summed E-state index contributed by atoms with van der Waals surface area (Å²) in [5, 5.41) is 7.98. The van der Waals surface area contributed by atoms with Gasteiger partial charge >= 0.3 is 0 Å². The van der Waals surface area contributed by atoms with Gasteiger partial charge in [0.05, 0.1) is 12.2 Å². The van der Waals surface area contributed by atoms with Crippen LogP contribution < -0.4 is 20.1 Å². The standard InChI is InChI=1S/C22H30N4O3S.HI/c1-4-23-21(24-12-20-26-15(2)16(3)30-20)25-13-22(7-9-27-10-8-22)17-5-6-18-19(11-17)29-14-28-18;/h5-6,11H,4,7-10,12-14H2,1-3H3,(H2,23,24,25);1H. The average molecular weight is 558 g/mol. The first kappa shape index (κ1) is 24.1. The molecule has 1 fully saturated rings. The first-order chi connectivity index (χ1) is 14.6. The lowest BCUT2D eigenvalue weighted by Gasteiger charge is -2.38. The number of nitrogens with zero attached hydrogens (tertiary/aromatic N) is 2. The highest BCUT2D eigenvalue weighted by molar-refractivity contribution is 14.0. The van der Waals surface area contributed by atoms with Gasteiger partial charge in [-0.05, 0) is 51.3 Å². The summed E-state index contributed by atoms with van der Waals surface area (Å²) < 4.78 is 16.8. The van der Waals surface area contributed by atoms with E-state index in [0.717, 1.165) is 67.3 Å². The van der Waals surface area contributed by atoms with E-state index in [4.69, 9.17) is 19.2 Å². The Bertz CT molecular complexity index is 893. The van der Waals surface area contributed by atoms with Crippen LogP contribution in [0.2, 0.25) is 0 Å². The van der Waals surface area contributed by atoms with E-state index in [2.05, 4.69) is 41.6 Å². The van der Waals surface area contributed by atoms with Crippen molar-refractivity contribution in [1.29, 1.82) is 0 Å². The van der Waals surface area contributed by atoms with Gasteiger partial charge in [-0.1, -0.05) is 6.07 Å². The summed E-state index contributed by atoms with van der Waals surface area (Å²) in [7, 11) is 0. The summed E-state index contributed by atoms with van der Waals surface area (Å²) in [5.41, 5.74) is 2.31. The molecule has 1 aromatic heterocycles. The van der Waals surface area contributed by atoms with Gasteiger partial charge in [0.15, 0.2) is 17.5 Å². The Morgan fingerprint density at radius 2 is 1.94 bits per heavy atom. The second-order valence-corrected chi connectivity index (χ2v) is 9.05. The Morgan fingerprint density at radius 1 is 1.16 bits per heavy atom. The van der Waals surface area contributed by atoms with Crippen LogP contribution >= 0.6 is 35.3 Å². The molecule has 1 saturated heterocycles. The molecule has 0 bridgehead atoms. The lowest BCUT2D eigenvalue weighted by atomic mass is 9.74. The molecule has 7 nitrogen and oxygen atoms in total. The maximum Gasteiger partial charge on any atom is 0.231 e. The molecule has 3 heterocycles. The third kappa shape index (κ3) is 5.61. The van der Waals surface area contributed by atoms with E-state index in [1.54, 1.807) is 11.3 Å². The number of aromatic nitrogens is 1. The minimum absolute atomic E-state index is 0. The van der Waals surface area contributed by atoms with Crippen molar-refractivity contribution in [3.05, 3.63) is 39.3 Å². The first-order valence-electron chi connectivity index (χ1n) is 10.5. The zero-order valence-electron chi connectivity index (χ0n) is 18.3. The molecule has 170 valence electrons. The number of guanidine groups is 1. The fourth-order valence-electron chi connectivity index (χ4n) is 3.90. The number of nitrogens with one attached hydrogen (secondary N) is 2. The van der Waals surface area contributed by atoms with Crippen molar-refractivity contribution < 1.29 is 14.2 Å². The third-order valence-electron chi connectivity index (χ3n) is 5.82. The van der Waals surface area contributed by atoms with Crippen molar-refractivity contribution in [2.24, 2.45) is 4.99 Å². The van der Waals surface area contributed by atoms with Gasteiger partial charge < -0.3 is 24.8 Å². The summed E-state index contributed by atoms with van der Waals surface area (Å²) in [6.45, 7) is 10.2. The van der Waals surface area contributed by atoms with E-state index in [9.17, 15) is 0 Å². The predicted molar refractivity (Wildman–Crippen MR) is 134 cm³/mol. The summed E-state index contributed by atoms with van der Waals surface area (Å²) in [5.74, 6) is 2.46. The highest BCUT2D eigenvalue weighted by atomic mass is 127. The van der Waals surface area contributed by atoms with Gasteiger partial charge in [-0.3, -0.25) is 0 Å². The van der Waals surface area contributed by atoms with Gasteiger partial charge in [-0.15, -0.1) is 35.3 Å². The number of halogens is 1. The molecule has 0 unspecified atom stereocenters. The Kier molecular flexibility index (Phi) is 8.40. The quantitative estimate of drug-likeness (QED) is 0.318. The van der Waals surface area contributed by atoms with Crippen molar-refractivity contribution in [3.8, 4) is 11.5 Å². The number of thiazole rings is 1. The zero-order valence-corrected chi connectivity index (χ0v) is 21.5. The third-order valence-corrected chi connectivity index (χ3v) is 6.88. The van der Waals surface area contributed by atoms with Crippen LogP contribution in [-0.2, 0) is 16.7 Å². The number of hydrogen-bond donors (Lipinski definition) is 2. The number of ether oxygens (including phenoxy) is 3. The summed E-state index contributed by atoms with van der Waals surface area (Å²) in [6.07, 6.45) is 1.90. The van der Waals surface area contributed by atoms with Crippen LogP contribution in [0.4, 0.5) is 0 Å². The maximum absolute atomic E-state index is 5.68. The molecule has 0 amide bonds. The van der Waals surface area contributed by atoms with Crippen molar-refractivity contribution in [3.63, 3.8) is 0 Å². The van der Waals surface area contributed by atoms with E-state index in [0.29, 0.717) is 13.3 Å². The smallest absolute Gasteiger partial charge is 0.231 e. The number of benzene rings is 1. The molecule has 1 aromatic carbocycles. The minimum Gasteiger partial charge on any atom is -0.454 e. The highest BCUT2D eigenvalue weighted by Gasteiger charge is 2.35. The van der Waals surface area contributed by atoms with Gasteiger partial charge in [0.1, 0.15) is 5.01 Å². The lowest BCUT2D eigenvalue weighted by molar-refractivity contribution is 0.0513. The Hall–Kier alpha value is -1.59. The van der Waals surface area contributed by atoms with Crippen LogP contribution in [-0.4, -0.2) is 44.0 Å². The molecule has 0 aliphatic carbocycles.